The van der Waals surface area contributed by atoms with Gasteiger partial charge in [0.05, 0.1) is 6.10 Å². The maximum Gasteiger partial charge on any atom is 0.303 e. The summed E-state index contributed by atoms with van der Waals surface area (Å²) in [4.78, 5) is 10.7. The van der Waals surface area contributed by atoms with E-state index < -0.39 is 5.97 Å². The van der Waals surface area contributed by atoms with Crippen molar-refractivity contribution in [1.82, 2.24) is 5.32 Å². The highest BCUT2D eigenvalue weighted by molar-refractivity contribution is 5.66. The molecule has 0 bridgehead atoms. The van der Waals surface area contributed by atoms with Crippen LogP contribution in [0.3, 0.4) is 0 Å². The number of rotatable bonds is 14. The molecular formula is C41H71NO3. The largest absolute Gasteiger partial charge is 0.481 e. The van der Waals surface area contributed by atoms with E-state index in [1.807, 2.05) is 0 Å². The van der Waals surface area contributed by atoms with Gasteiger partial charge in [0, 0.05) is 13.0 Å². The fourth-order valence-corrected chi connectivity index (χ4v) is 13.5. The van der Waals surface area contributed by atoms with Crippen molar-refractivity contribution in [2.45, 2.75) is 170 Å². The van der Waals surface area contributed by atoms with Gasteiger partial charge in [-0.15, -0.1) is 0 Å². The summed E-state index contributed by atoms with van der Waals surface area (Å²) in [5.41, 5.74) is 3.04. The summed E-state index contributed by atoms with van der Waals surface area (Å²) in [6.45, 7) is 22.2. The van der Waals surface area contributed by atoms with Gasteiger partial charge in [0.2, 0.25) is 0 Å². The second-order valence-corrected chi connectivity index (χ2v) is 18.6. The Bertz CT molecular complexity index is 1050. The number of fused-ring (bicyclic) bond motifs is 7. The lowest BCUT2D eigenvalue weighted by molar-refractivity contribution is -0.247. The molecule has 5 saturated carbocycles. The third-order valence-corrected chi connectivity index (χ3v) is 16.2. The molecule has 4 heteroatoms. The second kappa shape index (κ2) is 13.6. The maximum absolute atomic E-state index is 11.1. The Labute approximate surface area is 277 Å². The number of aliphatic hydroxyl groups excluding tert-OH is 1. The van der Waals surface area contributed by atoms with Gasteiger partial charge in [0.1, 0.15) is 0 Å². The fraction of sp³-hybridized carbons (Fsp3) is 0.927. The maximum atomic E-state index is 11.1. The zero-order valence-corrected chi connectivity index (χ0v) is 30.3. The first-order valence-electron chi connectivity index (χ1n) is 19.5. The van der Waals surface area contributed by atoms with Gasteiger partial charge in [-0.3, -0.25) is 4.79 Å². The zero-order chi connectivity index (χ0) is 32.7. The molecule has 45 heavy (non-hydrogen) atoms. The molecule has 258 valence electrons. The molecule has 0 aliphatic heterocycles. The molecule has 5 aliphatic rings. The van der Waals surface area contributed by atoms with Crippen LogP contribution in [-0.2, 0) is 4.79 Å². The van der Waals surface area contributed by atoms with E-state index in [2.05, 4.69) is 53.4 Å². The van der Waals surface area contributed by atoms with E-state index in [0.717, 1.165) is 43.6 Å². The predicted octanol–water partition coefficient (Wildman–Crippen LogP) is 10.2. The van der Waals surface area contributed by atoms with Crippen LogP contribution in [0, 0.1) is 56.7 Å². The highest BCUT2D eigenvalue weighted by Crippen LogP contribution is 2.77. The third kappa shape index (κ3) is 6.24. The molecule has 5 fully saturated rings. The SMILES string of the molecule is C=C(C)[C@@H]1CC[C@]2(CNCCCCCCCCCCC(=O)O)CC[C@]3(C)[C@H](CCC4[C@@]5(C)CC[C@H](O)C(C)(C)[C@@H]5CC[C@]43C)[C@@H]12. The number of carbonyl (C=O) groups is 1. The smallest absolute Gasteiger partial charge is 0.303 e. The summed E-state index contributed by atoms with van der Waals surface area (Å²) in [6.07, 6.45) is 22.8. The minimum Gasteiger partial charge on any atom is -0.481 e. The number of aliphatic hydroxyl groups is 1. The molecule has 0 aromatic rings. The predicted molar refractivity (Wildman–Crippen MR) is 187 cm³/mol. The number of aliphatic carboxylic acids is 1. The van der Waals surface area contributed by atoms with Crippen LogP contribution in [0.4, 0.5) is 0 Å². The highest BCUT2D eigenvalue weighted by Gasteiger charge is 2.70. The number of nitrogens with one attached hydrogen (secondary N) is 1. The van der Waals surface area contributed by atoms with E-state index in [9.17, 15) is 9.90 Å². The van der Waals surface area contributed by atoms with Crippen molar-refractivity contribution in [1.29, 1.82) is 0 Å². The Morgan fingerprint density at radius 2 is 1.42 bits per heavy atom. The molecule has 0 spiro atoms. The minimum absolute atomic E-state index is 0.0271. The number of carboxylic acids is 1. The summed E-state index contributed by atoms with van der Waals surface area (Å²) in [5.74, 6) is 3.01. The lowest BCUT2D eigenvalue weighted by atomic mass is 9.32. The topological polar surface area (TPSA) is 69.6 Å². The summed E-state index contributed by atoms with van der Waals surface area (Å²) in [7, 11) is 0. The molecule has 1 unspecified atom stereocenters. The van der Waals surface area contributed by atoms with Crippen LogP contribution in [0.15, 0.2) is 12.2 Å². The average molecular weight is 626 g/mol. The van der Waals surface area contributed by atoms with Crippen LogP contribution in [-0.4, -0.2) is 35.4 Å². The van der Waals surface area contributed by atoms with Crippen LogP contribution < -0.4 is 5.32 Å². The van der Waals surface area contributed by atoms with Gasteiger partial charge in [0.25, 0.3) is 0 Å². The minimum atomic E-state index is -0.660. The number of carboxylic acid groups (broad SMARTS) is 1. The first kappa shape index (κ1) is 35.4. The molecule has 10 atom stereocenters. The average Bonchev–Trinajstić information content (AvgIpc) is 3.36. The molecule has 0 saturated heterocycles. The number of hydrogen-bond acceptors (Lipinski definition) is 3. The molecule has 5 rings (SSSR count). The molecule has 3 N–H and O–H groups in total. The Balaban J connectivity index is 1.21. The second-order valence-electron chi connectivity index (χ2n) is 18.6. The van der Waals surface area contributed by atoms with E-state index in [4.69, 9.17) is 5.11 Å². The van der Waals surface area contributed by atoms with Crippen molar-refractivity contribution >= 4 is 5.97 Å². The fourth-order valence-electron chi connectivity index (χ4n) is 13.5. The standard InChI is InChI=1S/C41H71NO3/c1-29(2)30-19-24-41(28-42-27-15-13-11-9-8-10-12-14-16-35(44)45)26-25-39(6)31(36(30)41)17-18-33-38(5)22-21-34(43)37(3,4)32(38)20-23-40(33,39)7/h30-34,36,42-43H,1,8-28H2,2-7H3,(H,44,45)/t30-,31+,32-,33?,34-,36+,38-,39+,40+,41+/m0/s1. The van der Waals surface area contributed by atoms with Crippen molar-refractivity contribution in [3.63, 3.8) is 0 Å². The highest BCUT2D eigenvalue weighted by atomic mass is 16.4. The molecule has 0 aromatic heterocycles. The van der Waals surface area contributed by atoms with Gasteiger partial charge in [-0.25, -0.2) is 0 Å². The monoisotopic (exact) mass is 626 g/mol. The van der Waals surface area contributed by atoms with Crippen molar-refractivity contribution in [2.75, 3.05) is 13.1 Å². The Morgan fingerprint density at radius 1 is 0.756 bits per heavy atom. The van der Waals surface area contributed by atoms with Gasteiger partial charge >= 0.3 is 5.97 Å². The van der Waals surface area contributed by atoms with Crippen LogP contribution in [0.5, 0.6) is 0 Å². The van der Waals surface area contributed by atoms with Crippen LogP contribution in [0.1, 0.15) is 164 Å². The molecule has 5 aliphatic carbocycles. The quantitative estimate of drug-likeness (QED) is 0.133. The van der Waals surface area contributed by atoms with E-state index in [1.165, 1.54) is 108 Å². The van der Waals surface area contributed by atoms with E-state index in [-0.39, 0.29) is 11.5 Å². The molecule has 0 aromatic carbocycles. The summed E-state index contributed by atoms with van der Waals surface area (Å²) in [5, 5.41) is 23.9. The molecule has 0 heterocycles. The van der Waals surface area contributed by atoms with Gasteiger partial charge in [-0.1, -0.05) is 85.3 Å². The third-order valence-electron chi connectivity index (χ3n) is 16.2. The van der Waals surface area contributed by atoms with Gasteiger partial charge in [-0.05, 0) is 147 Å². The number of allylic oxidation sites excluding steroid dienone is 1. The van der Waals surface area contributed by atoms with E-state index >= 15 is 0 Å². The Hall–Kier alpha value is -0.870. The van der Waals surface area contributed by atoms with E-state index in [1.54, 1.807) is 0 Å². The zero-order valence-electron chi connectivity index (χ0n) is 30.3. The van der Waals surface area contributed by atoms with Crippen LogP contribution in [0.2, 0.25) is 0 Å². The normalized spacial score (nSPS) is 43.5. The van der Waals surface area contributed by atoms with Crippen LogP contribution in [0.25, 0.3) is 0 Å². The molecule has 4 nitrogen and oxygen atoms in total. The molecule has 0 amide bonds. The lowest BCUT2D eigenvalue weighted by Gasteiger charge is -2.73. The van der Waals surface area contributed by atoms with Gasteiger partial charge < -0.3 is 15.5 Å². The number of hydrogen-bond donors (Lipinski definition) is 3. The van der Waals surface area contributed by atoms with E-state index in [0.29, 0.717) is 39.9 Å². The summed E-state index contributed by atoms with van der Waals surface area (Å²) in [6, 6.07) is 0. The van der Waals surface area contributed by atoms with Crippen LogP contribution >= 0.6 is 0 Å². The first-order chi connectivity index (χ1) is 21.2. The Kier molecular flexibility index (Phi) is 10.7. The van der Waals surface area contributed by atoms with Gasteiger partial charge in [0.15, 0.2) is 0 Å². The van der Waals surface area contributed by atoms with Crippen molar-refractivity contribution in [2.24, 2.45) is 56.7 Å². The lowest BCUT2D eigenvalue weighted by Crippen LogP contribution is -2.67. The summed E-state index contributed by atoms with van der Waals surface area (Å²) < 4.78 is 0. The van der Waals surface area contributed by atoms with Gasteiger partial charge in [-0.2, -0.15) is 0 Å². The first-order valence-corrected chi connectivity index (χ1v) is 19.5. The molecular weight excluding hydrogens is 554 g/mol. The van der Waals surface area contributed by atoms with Crippen molar-refractivity contribution < 1.29 is 15.0 Å². The number of unbranched alkanes of at least 4 members (excludes halogenated alkanes) is 7. The summed E-state index contributed by atoms with van der Waals surface area (Å²) >= 11 is 0. The Morgan fingerprint density at radius 3 is 2.09 bits per heavy atom. The van der Waals surface area contributed by atoms with Crippen molar-refractivity contribution in [3.05, 3.63) is 12.2 Å². The van der Waals surface area contributed by atoms with Crippen molar-refractivity contribution in [3.8, 4) is 0 Å². The molecule has 0 radical (unpaired) electrons.